The summed E-state index contributed by atoms with van der Waals surface area (Å²) in [6.07, 6.45) is 0. The summed E-state index contributed by atoms with van der Waals surface area (Å²) in [6.45, 7) is 7.76. The molecule has 0 amide bonds. The van der Waals surface area contributed by atoms with Crippen LogP contribution in [0, 0.1) is 0 Å². The van der Waals surface area contributed by atoms with Crippen LogP contribution in [-0.4, -0.2) is 79.4 Å². The molecule has 0 aliphatic carbocycles. The molecule has 0 spiro atoms. The van der Waals surface area contributed by atoms with Crippen molar-refractivity contribution in [2.75, 3.05) is 39.9 Å². The second-order valence-electron chi connectivity index (χ2n) is 3.87. The Balaban J connectivity index is 0. The Morgan fingerprint density at radius 2 is 1.37 bits per heavy atom. The summed E-state index contributed by atoms with van der Waals surface area (Å²) in [4.78, 5) is 0. The van der Waals surface area contributed by atoms with Crippen molar-refractivity contribution in [1.29, 1.82) is 0 Å². The van der Waals surface area contributed by atoms with Crippen LogP contribution in [0.2, 0.25) is 0 Å². The molecule has 0 aromatic rings. The second-order valence-corrected chi connectivity index (χ2v) is 5.62. The molecule has 1 aliphatic heterocycles. The van der Waals surface area contributed by atoms with Crippen LogP contribution in [0.5, 0.6) is 0 Å². The molecule has 0 radical (unpaired) electrons. The maximum absolute atomic E-state index is 8.74. The first-order valence-electron chi connectivity index (χ1n) is 5.06. The lowest BCUT2D eigenvalue weighted by Crippen LogP contribution is -2.51. The van der Waals surface area contributed by atoms with Gasteiger partial charge in [0, 0.05) is 0 Å². The monoisotopic (exact) mass is 325 g/mol. The average molecular weight is 325 g/mol. The molecule has 0 aromatic carbocycles. The first-order chi connectivity index (χ1) is 8.27. The van der Waals surface area contributed by atoms with E-state index in [1.807, 2.05) is 0 Å². The molecule has 0 bridgehead atoms. The molecule has 19 heavy (non-hydrogen) atoms. The number of likely N-dealkylation sites (N-methyl/N-ethyl adjacent to an activating group) is 1. The highest BCUT2D eigenvalue weighted by Crippen LogP contribution is 2.05. The van der Waals surface area contributed by atoms with Gasteiger partial charge in [0.25, 0.3) is 0 Å². The Morgan fingerprint density at radius 1 is 1.11 bits per heavy atom. The molecule has 0 aromatic heterocycles. The molecule has 1 saturated heterocycles. The van der Waals surface area contributed by atoms with Crippen LogP contribution < -0.4 is 0 Å². The Labute approximate surface area is 112 Å². The fraction of sp³-hybridized carbons (Fsp3) is 1.00. The third kappa shape index (κ3) is 27.0. The van der Waals surface area contributed by atoms with E-state index in [-0.39, 0.29) is 0 Å². The van der Waals surface area contributed by atoms with E-state index in [1.165, 1.54) is 24.1 Å². The van der Waals surface area contributed by atoms with Gasteiger partial charge < -0.3 is 13.8 Å². The molecule has 1 rings (SSSR count). The maximum atomic E-state index is 8.74. The zero-order valence-corrected chi connectivity index (χ0v) is 12.2. The van der Waals surface area contributed by atoms with Crippen LogP contribution in [0.3, 0.4) is 0 Å². The van der Waals surface area contributed by atoms with Crippen molar-refractivity contribution in [3.8, 4) is 0 Å². The van der Waals surface area contributed by atoms with E-state index in [1.54, 1.807) is 0 Å². The van der Waals surface area contributed by atoms with Crippen molar-refractivity contribution in [2.24, 2.45) is 0 Å². The highest BCUT2D eigenvalue weighted by Gasteiger charge is 2.21. The summed E-state index contributed by atoms with van der Waals surface area (Å²) in [5.74, 6) is 0. The van der Waals surface area contributed by atoms with Gasteiger partial charge in [-0.2, -0.15) is 8.42 Å². The number of rotatable bonds is 1. The number of hydrogen-bond donors (Lipinski definition) is 3. The molecular weight excluding hydrogens is 306 g/mol. The fourth-order valence-corrected chi connectivity index (χ4v) is 1.10. The van der Waals surface area contributed by atoms with E-state index in [4.69, 9.17) is 39.8 Å². The van der Waals surface area contributed by atoms with Gasteiger partial charge >= 0.3 is 10.4 Å². The topological polar surface area (TPSA) is 161 Å². The van der Waals surface area contributed by atoms with Gasteiger partial charge in [-0.25, -0.2) is 8.42 Å². The maximum Gasteiger partial charge on any atom is 0.394 e. The van der Waals surface area contributed by atoms with Crippen LogP contribution in [-0.2, 0) is 25.5 Å². The zero-order chi connectivity index (χ0) is 15.7. The van der Waals surface area contributed by atoms with Gasteiger partial charge in [0.2, 0.25) is 10.4 Å². The SMILES string of the molecule is CC[N+]1(C)CCOCC1.O=S(=O)(O)O.O=S(=O)([O-])O. The molecule has 12 heteroatoms. The van der Waals surface area contributed by atoms with E-state index in [9.17, 15) is 0 Å². The average Bonchev–Trinajstić information content (AvgIpc) is 2.14. The first-order valence-corrected chi connectivity index (χ1v) is 7.82. The Morgan fingerprint density at radius 3 is 1.53 bits per heavy atom. The summed E-state index contributed by atoms with van der Waals surface area (Å²) in [5, 5.41) is 0. The summed E-state index contributed by atoms with van der Waals surface area (Å²) < 4.78 is 70.9. The van der Waals surface area contributed by atoms with Crippen molar-refractivity contribution in [1.82, 2.24) is 0 Å². The van der Waals surface area contributed by atoms with Crippen molar-refractivity contribution < 1.29 is 44.3 Å². The Hall–Kier alpha value is -0.340. The van der Waals surface area contributed by atoms with Gasteiger partial charge in [-0.15, -0.1) is 0 Å². The van der Waals surface area contributed by atoms with Gasteiger partial charge in [0.05, 0.1) is 26.8 Å². The van der Waals surface area contributed by atoms with Crippen LogP contribution in [0.25, 0.3) is 0 Å². The molecule has 10 nitrogen and oxygen atoms in total. The van der Waals surface area contributed by atoms with E-state index >= 15 is 0 Å². The van der Waals surface area contributed by atoms with Crippen LogP contribution in [0.1, 0.15) is 6.92 Å². The lowest BCUT2D eigenvalue weighted by atomic mass is 10.3. The van der Waals surface area contributed by atoms with Crippen molar-refractivity contribution in [3.63, 3.8) is 0 Å². The number of morpholine rings is 1. The number of quaternary nitrogens is 1. The summed E-state index contributed by atoms with van der Waals surface area (Å²) in [5.41, 5.74) is 0. The van der Waals surface area contributed by atoms with Crippen molar-refractivity contribution in [3.05, 3.63) is 0 Å². The smallest absolute Gasteiger partial charge is 0.394 e. The van der Waals surface area contributed by atoms with E-state index in [0.29, 0.717) is 0 Å². The molecule has 1 fully saturated rings. The molecule has 1 heterocycles. The summed E-state index contributed by atoms with van der Waals surface area (Å²) in [6, 6.07) is 0. The standard InChI is InChI=1S/C7H16NO.2H2O4S/c1-3-8(2)4-6-9-7-5-8;2*1-5(2,3)4/h3-7H2,1-2H3;2*(H2,1,2,3,4)/q+1;;/p-1. The Bertz CT molecular complexity index is 377. The van der Waals surface area contributed by atoms with Gasteiger partial charge in [-0.1, -0.05) is 0 Å². The van der Waals surface area contributed by atoms with Crippen molar-refractivity contribution >= 4 is 20.8 Å². The molecule has 0 saturated carbocycles. The van der Waals surface area contributed by atoms with Crippen LogP contribution in [0.15, 0.2) is 0 Å². The third-order valence-corrected chi connectivity index (χ3v) is 2.31. The molecule has 0 atom stereocenters. The number of hydrogen-bond acceptors (Lipinski definition) is 6. The van der Waals surface area contributed by atoms with Gasteiger partial charge in [-0.05, 0) is 6.92 Å². The third-order valence-electron chi connectivity index (χ3n) is 2.31. The number of ether oxygens (including phenoxy) is 1. The van der Waals surface area contributed by atoms with Gasteiger partial charge in [0.15, 0.2) is 0 Å². The van der Waals surface area contributed by atoms with Gasteiger partial charge in [-0.3, -0.25) is 13.7 Å². The normalized spacial score (nSPS) is 18.4. The molecule has 1 aliphatic rings. The second kappa shape index (κ2) is 8.76. The van der Waals surface area contributed by atoms with E-state index < -0.39 is 20.8 Å². The lowest BCUT2D eigenvalue weighted by Gasteiger charge is -2.36. The van der Waals surface area contributed by atoms with E-state index in [2.05, 4.69) is 14.0 Å². The Kier molecular flexibility index (Phi) is 9.66. The zero-order valence-electron chi connectivity index (χ0n) is 10.6. The fourth-order valence-electron chi connectivity index (χ4n) is 1.10. The predicted molar refractivity (Wildman–Crippen MR) is 63.8 cm³/mol. The molecular formula is C7H19NO9S2. The molecule has 0 unspecified atom stereocenters. The minimum atomic E-state index is -4.92. The molecule has 118 valence electrons. The minimum Gasteiger partial charge on any atom is -0.726 e. The predicted octanol–water partition coefficient (Wildman–Crippen LogP) is -1.17. The van der Waals surface area contributed by atoms with Crippen molar-refractivity contribution in [2.45, 2.75) is 6.92 Å². The quantitative estimate of drug-likeness (QED) is 0.306. The minimum absolute atomic E-state index is 0.949. The van der Waals surface area contributed by atoms with E-state index in [0.717, 1.165) is 13.2 Å². The highest BCUT2D eigenvalue weighted by atomic mass is 32.3. The molecule has 3 N–H and O–H groups in total. The number of nitrogens with zero attached hydrogens (tertiary/aromatic N) is 1. The highest BCUT2D eigenvalue weighted by molar-refractivity contribution is 7.80. The van der Waals surface area contributed by atoms with Crippen LogP contribution >= 0.6 is 0 Å². The summed E-state index contributed by atoms with van der Waals surface area (Å²) >= 11 is 0. The van der Waals surface area contributed by atoms with Crippen LogP contribution in [0.4, 0.5) is 0 Å². The first kappa shape index (κ1) is 21.0. The largest absolute Gasteiger partial charge is 0.726 e. The lowest BCUT2D eigenvalue weighted by molar-refractivity contribution is -0.915. The summed E-state index contributed by atoms with van der Waals surface area (Å²) in [7, 11) is -7.29. The van der Waals surface area contributed by atoms with Gasteiger partial charge in [0.1, 0.15) is 13.1 Å².